The molecule has 0 spiro atoms. The predicted molar refractivity (Wildman–Crippen MR) is 79.9 cm³/mol. The molecule has 6 heteroatoms. The second kappa shape index (κ2) is 5.55. The molecular formula is C14H16BrN3O2. The lowest BCUT2D eigenvalue weighted by Gasteiger charge is -2.14. The zero-order valence-electron chi connectivity index (χ0n) is 10.9. The number of nitrogens with zero attached hydrogens (tertiary/aromatic N) is 1. The number of fused-ring (bicyclic) bond motifs is 1. The van der Waals surface area contributed by atoms with Crippen molar-refractivity contribution in [2.45, 2.75) is 31.6 Å². The summed E-state index contributed by atoms with van der Waals surface area (Å²) in [6, 6.07) is 8.21. The molecule has 1 fully saturated rings. The Kier molecular flexibility index (Phi) is 3.78. The van der Waals surface area contributed by atoms with E-state index in [1.165, 1.54) is 5.39 Å². The Morgan fingerprint density at radius 1 is 1.45 bits per heavy atom. The number of carbonyl (C=O) groups is 1. The fourth-order valence-corrected chi connectivity index (χ4v) is 3.18. The molecule has 2 heterocycles. The van der Waals surface area contributed by atoms with Crippen molar-refractivity contribution >= 4 is 32.7 Å². The van der Waals surface area contributed by atoms with Gasteiger partial charge in [0, 0.05) is 28.1 Å². The van der Waals surface area contributed by atoms with Crippen LogP contribution >= 0.6 is 15.9 Å². The van der Waals surface area contributed by atoms with E-state index in [2.05, 4.69) is 44.3 Å². The molecule has 1 saturated heterocycles. The maximum atomic E-state index is 11.4. The van der Waals surface area contributed by atoms with Crippen molar-refractivity contribution in [3.05, 3.63) is 34.9 Å². The largest absolute Gasteiger partial charge is 0.363 e. The fourth-order valence-electron chi connectivity index (χ4n) is 2.69. The SMILES string of the molecule is NNC(=O)C1CCC(Cn2ccc3c(Br)cccc32)O1. The summed E-state index contributed by atoms with van der Waals surface area (Å²) in [6.45, 7) is 0.744. The second-order valence-corrected chi connectivity index (χ2v) is 5.83. The van der Waals surface area contributed by atoms with Crippen LogP contribution in [0.2, 0.25) is 0 Å². The monoisotopic (exact) mass is 337 g/mol. The molecule has 2 aromatic rings. The quantitative estimate of drug-likeness (QED) is 0.511. The van der Waals surface area contributed by atoms with E-state index in [9.17, 15) is 4.79 Å². The van der Waals surface area contributed by atoms with E-state index >= 15 is 0 Å². The van der Waals surface area contributed by atoms with Gasteiger partial charge >= 0.3 is 0 Å². The molecule has 0 aliphatic carbocycles. The number of hydrogen-bond acceptors (Lipinski definition) is 3. The highest BCUT2D eigenvalue weighted by atomic mass is 79.9. The third-order valence-electron chi connectivity index (χ3n) is 3.70. The van der Waals surface area contributed by atoms with Crippen molar-refractivity contribution in [2.24, 2.45) is 5.84 Å². The van der Waals surface area contributed by atoms with Crippen LogP contribution in [0.25, 0.3) is 10.9 Å². The van der Waals surface area contributed by atoms with E-state index in [0.717, 1.165) is 29.4 Å². The summed E-state index contributed by atoms with van der Waals surface area (Å²) in [5, 5.41) is 1.18. The van der Waals surface area contributed by atoms with Gasteiger partial charge in [0.2, 0.25) is 0 Å². The standard InChI is InChI=1S/C14H16BrN3O2/c15-11-2-1-3-12-10(11)6-7-18(12)8-9-4-5-13(20-9)14(19)17-16/h1-3,6-7,9,13H,4-5,8,16H2,(H,17,19). The first-order valence-corrected chi connectivity index (χ1v) is 7.37. The topological polar surface area (TPSA) is 69.3 Å². The Balaban J connectivity index is 1.75. The van der Waals surface area contributed by atoms with Crippen molar-refractivity contribution in [3.8, 4) is 0 Å². The van der Waals surface area contributed by atoms with Crippen LogP contribution in [0, 0.1) is 0 Å². The first-order chi connectivity index (χ1) is 9.69. The highest BCUT2D eigenvalue weighted by molar-refractivity contribution is 9.10. The molecule has 0 bridgehead atoms. The molecule has 20 heavy (non-hydrogen) atoms. The number of rotatable bonds is 3. The summed E-state index contributed by atoms with van der Waals surface area (Å²) in [5.41, 5.74) is 3.31. The van der Waals surface area contributed by atoms with Gasteiger partial charge in [-0.05, 0) is 31.0 Å². The van der Waals surface area contributed by atoms with Gasteiger partial charge in [0.05, 0.1) is 6.10 Å². The van der Waals surface area contributed by atoms with Gasteiger partial charge in [-0.2, -0.15) is 0 Å². The van der Waals surface area contributed by atoms with Crippen LogP contribution in [0.3, 0.4) is 0 Å². The van der Waals surface area contributed by atoms with Crippen LogP contribution < -0.4 is 11.3 Å². The molecule has 1 aliphatic heterocycles. The summed E-state index contributed by atoms with van der Waals surface area (Å²) in [7, 11) is 0. The van der Waals surface area contributed by atoms with Gasteiger partial charge in [-0.3, -0.25) is 10.2 Å². The van der Waals surface area contributed by atoms with Gasteiger partial charge in [-0.1, -0.05) is 22.0 Å². The number of benzene rings is 1. The van der Waals surface area contributed by atoms with E-state index in [1.807, 2.05) is 12.1 Å². The maximum Gasteiger partial charge on any atom is 0.263 e. The third-order valence-corrected chi connectivity index (χ3v) is 4.39. The number of halogens is 1. The van der Waals surface area contributed by atoms with E-state index in [-0.39, 0.29) is 12.0 Å². The zero-order chi connectivity index (χ0) is 14.1. The van der Waals surface area contributed by atoms with E-state index in [1.54, 1.807) is 0 Å². The Morgan fingerprint density at radius 3 is 3.10 bits per heavy atom. The predicted octanol–water partition coefficient (Wildman–Crippen LogP) is 1.94. The molecule has 106 valence electrons. The minimum atomic E-state index is -0.418. The Morgan fingerprint density at radius 2 is 2.30 bits per heavy atom. The maximum absolute atomic E-state index is 11.4. The van der Waals surface area contributed by atoms with E-state index in [4.69, 9.17) is 10.6 Å². The van der Waals surface area contributed by atoms with Crippen LogP contribution in [0.5, 0.6) is 0 Å². The Hall–Kier alpha value is -1.37. The number of nitrogens with one attached hydrogen (secondary N) is 1. The first kappa shape index (κ1) is 13.6. The first-order valence-electron chi connectivity index (χ1n) is 6.58. The van der Waals surface area contributed by atoms with Gasteiger partial charge in [-0.15, -0.1) is 0 Å². The van der Waals surface area contributed by atoms with Crippen molar-refractivity contribution in [1.82, 2.24) is 9.99 Å². The van der Waals surface area contributed by atoms with Gasteiger partial charge in [0.1, 0.15) is 6.10 Å². The molecule has 0 saturated carbocycles. The molecule has 2 atom stereocenters. The summed E-state index contributed by atoms with van der Waals surface area (Å²) >= 11 is 3.55. The number of carbonyl (C=O) groups excluding carboxylic acids is 1. The lowest BCUT2D eigenvalue weighted by atomic mass is 10.2. The highest BCUT2D eigenvalue weighted by Gasteiger charge is 2.30. The summed E-state index contributed by atoms with van der Waals surface area (Å²) in [4.78, 5) is 11.4. The number of amides is 1. The number of aromatic nitrogens is 1. The molecule has 5 nitrogen and oxygen atoms in total. The summed E-state index contributed by atoms with van der Waals surface area (Å²) in [6.07, 6.45) is 3.27. The fraction of sp³-hybridized carbons (Fsp3) is 0.357. The summed E-state index contributed by atoms with van der Waals surface area (Å²) in [5.74, 6) is 4.89. The molecule has 3 rings (SSSR count). The number of nitrogens with two attached hydrogens (primary N) is 1. The Bertz CT molecular complexity index is 640. The zero-order valence-corrected chi connectivity index (χ0v) is 12.5. The second-order valence-electron chi connectivity index (χ2n) is 4.97. The average molecular weight is 338 g/mol. The molecule has 3 N–H and O–H groups in total. The van der Waals surface area contributed by atoms with Crippen LogP contribution in [0.4, 0.5) is 0 Å². The van der Waals surface area contributed by atoms with Crippen LogP contribution in [0.1, 0.15) is 12.8 Å². The molecule has 1 aliphatic rings. The van der Waals surface area contributed by atoms with Gasteiger partial charge in [-0.25, -0.2) is 5.84 Å². The average Bonchev–Trinajstić information content (AvgIpc) is 3.07. The van der Waals surface area contributed by atoms with Gasteiger partial charge < -0.3 is 9.30 Å². The highest BCUT2D eigenvalue weighted by Crippen LogP contribution is 2.27. The van der Waals surface area contributed by atoms with Crippen molar-refractivity contribution in [1.29, 1.82) is 0 Å². The van der Waals surface area contributed by atoms with E-state index in [0.29, 0.717) is 0 Å². The lowest BCUT2D eigenvalue weighted by molar-refractivity contribution is -0.132. The van der Waals surface area contributed by atoms with Crippen LogP contribution in [-0.2, 0) is 16.1 Å². The smallest absolute Gasteiger partial charge is 0.263 e. The molecule has 1 amide bonds. The molecule has 0 radical (unpaired) electrons. The van der Waals surface area contributed by atoms with Gasteiger partial charge in [0.15, 0.2) is 0 Å². The van der Waals surface area contributed by atoms with Crippen molar-refractivity contribution in [2.75, 3.05) is 0 Å². The molecular weight excluding hydrogens is 322 g/mol. The van der Waals surface area contributed by atoms with Gasteiger partial charge in [0.25, 0.3) is 5.91 Å². The number of hydrogen-bond donors (Lipinski definition) is 2. The molecule has 1 aromatic heterocycles. The summed E-state index contributed by atoms with van der Waals surface area (Å²) < 4.78 is 8.99. The third kappa shape index (κ3) is 2.46. The minimum absolute atomic E-state index is 0.0480. The van der Waals surface area contributed by atoms with E-state index < -0.39 is 6.10 Å². The lowest BCUT2D eigenvalue weighted by Crippen LogP contribution is -2.39. The van der Waals surface area contributed by atoms with Crippen LogP contribution in [0.15, 0.2) is 34.9 Å². The number of ether oxygens (including phenoxy) is 1. The number of hydrazine groups is 1. The molecule has 2 unspecified atom stereocenters. The molecule has 1 aromatic carbocycles. The van der Waals surface area contributed by atoms with Crippen LogP contribution in [-0.4, -0.2) is 22.7 Å². The Labute approximate surface area is 125 Å². The minimum Gasteiger partial charge on any atom is -0.363 e. The van der Waals surface area contributed by atoms with Crippen molar-refractivity contribution in [3.63, 3.8) is 0 Å². The van der Waals surface area contributed by atoms with Crippen molar-refractivity contribution < 1.29 is 9.53 Å². The normalized spacial score (nSPS) is 22.3.